The van der Waals surface area contributed by atoms with E-state index in [1.807, 2.05) is 0 Å². The highest BCUT2D eigenvalue weighted by Crippen LogP contribution is 2.24. The van der Waals surface area contributed by atoms with E-state index in [1.165, 1.54) is 6.42 Å². The third kappa shape index (κ3) is 3.28. The van der Waals surface area contributed by atoms with Crippen LogP contribution in [0.25, 0.3) is 0 Å². The highest BCUT2D eigenvalue weighted by molar-refractivity contribution is 4.85. The second-order valence-electron chi connectivity index (χ2n) is 5.59. The number of hydrogen-bond acceptors (Lipinski definition) is 2. The first kappa shape index (κ1) is 11.0. The fraction of sp³-hybridized carbons (Fsp3) is 1.00. The molecule has 0 aromatic carbocycles. The summed E-state index contributed by atoms with van der Waals surface area (Å²) >= 11 is 0. The first-order chi connectivity index (χ1) is 5.90. The molecule has 0 aromatic heterocycles. The van der Waals surface area contributed by atoms with Crippen molar-refractivity contribution in [1.29, 1.82) is 0 Å². The molecule has 1 saturated heterocycles. The summed E-state index contributed by atoms with van der Waals surface area (Å²) in [4.78, 5) is 2.52. The first-order valence-electron chi connectivity index (χ1n) is 5.33. The van der Waals surface area contributed by atoms with Crippen LogP contribution in [0.1, 0.15) is 34.1 Å². The first-order valence-corrected chi connectivity index (χ1v) is 5.33. The largest absolute Gasteiger partial charge is 0.314 e. The Kier molecular flexibility index (Phi) is 3.36. The molecule has 0 spiro atoms. The van der Waals surface area contributed by atoms with Gasteiger partial charge in [-0.1, -0.05) is 20.8 Å². The number of rotatable bonds is 1. The van der Waals surface area contributed by atoms with Crippen molar-refractivity contribution >= 4 is 0 Å². The molecule has 2 nitrogen and oxygen atoms in total. The highest BCUT2D eigenvalue weighted by Gasteiger charge is 2.27. The smallest absolute Gasteiger partial charge is 0.0225 e. The Balaban J connectivity index is 2.49. The third-order valence-electron chi connectivity index (χ3n) is 2.94. The average molecular weight is 184 g/mol. The van der Waals surface area contributed by atoms with Crippen LogP contribution in [0.4, 0.5) is 0 Å². The SMILES string of the molecule is CC1CNCC(CC(C)(C)C)N1C. The van der Waals surface area contributed by atoms with Gasteiger partial charge >= 0.3 is 0 Å². The number of likely N-dealkylation sites (N-methyl/N-ethyl adjacent to an activating group) is 1. The van der Waals surface area contributed by atoms with E-state index in [4.69, 9.17) is 0 Å². The minimum Gasteiger partial charge on any atom is -0.314 e. The second-order valence-corrected chi connectivity index (χ2v) is 5.59. The lowest BCUT2D eigenvalue weighted by Gasteiger charge is -2.41. The lowest BCUT2D eigenvalue weighted by atomic mass is 9.86. The molecule has 2 atom stereocenters. The van der Waals surface area contributed by atoms with E-state index in [9.17, 15) is 0 Å². The summed E-state index contributed by atoms with van der Waals surface area (Å²) in [6.45, 7) is 11.5. The Bertz CT molecular complexity index is 160. The van der Waals surface area contributed by atoms with E-state index in [0.29, 0.717) is 17.5 Å². The van der Waals surface area contributed by atoms with Gasteiger partial charge in [-0.25, -0.2) is 0 Å². The van der Waals surface area contributed by atoms with Crippen LogP contribution in [0.5, 0.6) is 0 Å². The molecule has 0 saturated carbocycles. The van der Waals surface area contributed by atoms with Crippen molar-refractivity contribution in [3.63, 3.8) is 0 Å². The van der Waals surface area contributed by atoms with Crippen LogP contribution in [0.2, 0.25) is 0 Å². The molecule has 0 radical (unpaired) electrons. The second kappa shape index (κ2) is 3.97. The van der Waals surface area contributed by atoms with Crippen molar-refractivity contribution in [2.24, 2.45) is 5.41 Å². The number of piperazine rings is 1. The van der Waals surface area contributed by atoms with E-state index < -0.39 is 0 Å². The third-order valence-corrected chi connectivity index (χ3v) is 2.94. The van der Waals surface area contributed by atoms with Crippen molar-refractivity contribution in [3.8, 4) is 0 Å². The Morgan fingerprint density at radius 2 is 1.92 bits per heavy atom. The lowest BCUT2D eigenvalue weighted by Crippen LogP contribution is -2.55. The zero-order chi connectivity index (χ0) is 10.1. The Morgan fingerprint density at radius 3 is 2.46 bits per heavy atom. The van der Waals surface area contributed by atoms with Gasteiger partial charge < -0.3 is 5.32 Å². The van der Waals surface area contributed by atoms with Crippen molar-refractivity contribution in [3.05, 3.63) is 0 Å². The van der Waals surface area contributed by atoms with Crippen molar-refractivity contribution in [1.82, 2.24) is 10.2 Å². The van der Waals surface area contributed by atoms with E-state index in [2.05, 4.69) is 45.0 Å². The topological polar surface area (TPSA) is 15.3 Å². The molecule has 0 bridgehead atoms. The van der Waals surface area contributed by atoms with Crippen molar-refractivity contribution in [2.45, 2.75) is 46.2 Å². The summed E-state index contributed by atoms with van der Waals surface area (Å²) in [5, 5.41) is 3.50. The van der Waals surface area contributed by atoms with Crippen LogP contribution in [0, 0.1) is 5.41 Å². The van der Waals surface area contributed by atoms with E-state index in [-0.39, 0.29) is 0 Å². The normalized spacial score (nSPS) is 32.1. The predicted octanol–water partition coefficient (Wildman–Crippen LogP) is 1.71. The van der Waals surface area contributed by atoms with Gasteiger partial charge in [-0.2, -0.15) is 0 Å². The maximum Gasteiger partial charge on any atom is 0.0225 e. The Hall–Kier alpha value is -0.0800. The van der Waals surface area contributed by atoms with Gasteiger partial charge in [0.05, 0.1) is 0 Å². The molecule has 1 rings (SSSR count). The maximum atomic E-state index is 3.50. The molecule has 1 fully saturated rings. The summed E-state index contributed by atoms with van der Waals surface area (Å²) < 4.78 is 0. The van der Waals surface area contributed by atoms with E-state index in [0.717, 1.165) is 13.1 Å². The van der Waals surface area contributed by atoms with Gasteiger partial charge in [-0.05, 0) is 25.8 Å². The number of nitrogens with zero attached hydrogens (tertiary/aromatic N) is 1. The molecule has 2 unspecified atom stereocenters. The number of nitrogens with one attached hydrogen (secondary N) is 1. The molecule has 1 heterocycles. The zero-order valence-electron chi connectivity index (χ0n) is 9.72. The maximum absolute atomic E-state index is 3.50. The van der Waals surface area contributed by atoms with Crippen molar-refractivity contribution < 1.29 is 0 Å². The molecule has 78 valence electrons. The zero-order valence-corrected chi connectivity index (χ0v) is 9.72. The standard InChI is InChI=1S/C11H24N2/c1-9-7-12-8-10(13(9)5)6-11(2,3)4/h9-10,12H,6-8H2,1-5H3. The van der Waals surface area contributed by atoms with Crippen LogP contribution in [-0.2, 0) is 0 Å². The number of hydrogen-bond donors (Lipinski definition) is 1. The molecule has 1 aliphatic heterocycles. The Morgan fingerprint density at radius 1 is 1.31 bits per heavy atom. The van der Waals surface area contributed by atoms with Crippen LogP contribution in [0.15, 0.2) is 0 Å². The molecule has 0 amide bonds. The quantitative estimate of drug-likeness (QED) is 0.667. The van der Waals surface area contributed by atoms with Crippen LogP contribution >= 0.6 is 0 Å². The highest BCUT2D eigenvalue weighted by atomic mass is 15.2. The summed E-state index contributed by atoms with van der Waals surface area (Å²) in [6.07, 6.45) is 1.28. The molecular formula is C11H24N2. The monoisotopic (exact) mass is 184 g/mol. The molecule has 1 N–H and O–H groups in total. The molecular weight excluding hydrogens is 160 g/mol. The van der Waals surface area contributed by atoms with E-state index >= 15 is 0 Å². The molecule has 0 aliphatic carbocycles. The predicted molar refractivity (Wildman–Crippen MR) is 58.0 cm³/mol. The molecule has 1 aliphatic rings. The van der Waals surface area contributed by atoms with Crippen LogP contribution in [-0.4, -0.2) is 37.1 Å². The summed E-state index contributed by atoms with van der Waals surface area (Å²) in [5.74, 6) is 0. The van der Waals surface area contributed by atoms with Gasteiger partial charge in [-0.3, -0.25) is 4.90 Å². The molecule has 2 heteroatoms. The van der Waals surface area contributed by atoms with Crippen molar-refractivity contribution in [2.75, 3.05) is 20.1 Å². The average Bonchev–Trinajstić information content (AvgIpc) is 1.96. The van der Waals surface area contributed by atoms with Gasteiger partial charge in [0, 0.05) is 25.2 Å². The van der Waals surface area contributed by atoms with Gasteiger partial charge in [-0.15, -0.1) is 0 Å². The molecule has 13 heavy (non-hydrogen) atoms. The van der Waals surface area contributed by atoms with Crippen LogP contribution in [0.3, 0.4) is 0 Å². The minimum atomic E-state index is 0.442. The van der Waals surface area contributed by atoms with E-state index in [1.54, 1.807) is 0 Å². The van der Waals surface area contributed by atoms with Gasteiger partial charge in [0.25, 0.3) is 0 Å². The molecule has 0 aromatic rings. The van der Waals surface area contributed by atoms with Crippen LogP contribution < -0.4 is 5.32 Å². The van der Waals surface area contributed by atoms with Gasteiger partial charge in [0.2, 0.25) is 0 Å². The summed E-state index contributed by atoms with van der Waals surface area (Å²) in [6, 6.07) is 1.39. The van der Waals surface area contributed by atoms with Gasteiger partial charge in [0.15, 0.2) is 0 Å². The minimum absolute atomic E-state index is 0.442. The fourth-order valence-corrected chi connectivity index (χ4v) is 2.03. The Labute approximate surface area is 82.7 Å². The lowest BCUT2D eigenvalue weighted by molar-refractivity contribution is 0.106. The fourth-order valence-electron chi connectivity index (χ4n) is 2.03. The summed E-state index contributed by atoms with van der Waals surface area (Å²) in [7, 11) is 2.25. The summed E-state index contributed by atoms with van der Waals surface area (Å²) in [5.41, 5.74) is 0.442. The van der Waals surface area contributed by atoms with Gasteiger partial charge in [0.1, 0.15) is 0 Å².